The molecule has 0 amide bonds. The van der Waals surface area contributed by atoms with Gasteiger partial charge in [0.1, 0.15) is 4.90 Å². The molecule has 1 aliphatic rings. The van der Waals surface area contributed by atoms with Crippen molar-refractivity contribution in [1.29, 1.82) is 0 Å². The van der Waals surface area contributed by atoms with Gasteiger partial charge in [0.15, 0.2) is 5.84 Å². The second kappa shape index (κ2) is 4.84. The molecule has 0 unspecified atom stereocenters. The van der Waals surface area contributed by atoms with Crippen molar-refractivity contribution in [2.24, 2.45) is 4.40 Å². The number of sulfonamides is 1. The second-order valence-electron chi connectivity index (χ2n) is 4.61. The molecule has 0 aliphatic carbocycles. The molecule has 3 rings (SSSR count). The van der Waals surface area contributed by atoms with Crippen LogP contribution in [0.3, 0.4) is 0 Å². The van der Waals surface area contributed by atoms with Crippen LogP contribution in [0.2, 0.25) is 0 Å². The molecule has 0 atom stereocenters. The van der Waals surface area contributed by atoms with Crippen LogP contribution in [0.5, 0.6) is 0 Å². The van der Waals surface area contributed by atoms with Crippen molar-refractivity contribution < 1.29 is 21.6 Å². The Kier molecular flexibility index (Phi) is 3.21. The average molecular weight is 326 g/mol. The quantitative estimate of drug-likeness (QED) is 0.875. The van der Waals surface area contributed by atoms with Gasteiger partial charge in [-0.15, -0.1) is 4.40 Å². The van der Waals surface area contributed by atoms with Crippen molar-refractivity contribution in [1.82, 2.24) is 0 Å². The van der Waals surface area contributed by atoms with Gasteiger partial charge in [-0.3, -0.25) is 0 Å². The number of anilines is 1. The van der Waals surface area contributed by atoms with Crippen molar-refractivity contribution in [3.05, 3.63) is 59.7 Å². The number of benzene rings is 2. The molecule has 0 saturated carbocycles. The molecule has 0 radical (unpaired) electrons. The molecule has 0 spiro atoms. The van der Waals surface area contributed by atoms with Crippen LogP contribution in [0, 0.1) is 0 Å². The number of alkyl halides is 3. The first-order valence-corrected chi connectivity index (χ1v) is 7.60. The highest BCUT2D eigenvalue weighted by Crippen LogP contribution is 2.31. The van der Waals surface area contributed by atoms with E-state index in [2.05, 4.69) is 9.71 Å². The Morgan fingerprint density at radius 1 is 0.955 bits per heavy atom. The van der Waals surface area contributed by atoms with Gasteiger partial charge in [0.05, 0.1) is 5.56 Å². The molecule has 2 aromatic carbocycles. The van der Waals surface area contributed by atoms with E-state index in [1.165, 1.54) is 18.2 Å². The van der Waals surface area contributed by atoms with E-state index in [1.54, 1.807) is 18.2 Å². The molecular weight excluding hydrogens is 317 g/mol. The Labute approximate surface area is 124 Å². The van der Waals surface area contributed by atoms with E-state index in [1.807, 2.05) is 0 Å². The van der Waals surface area contributed by atoms with E-state index in [0.29, 0.717) is 11.3 Å². The summed E-state index contributed by atoms with van der Waals surface area (Å²) in [5.74, 6) is 0.0929. The standard InChI is InChI=1S/C14H9F3N2O2S/c15-14(16,17)9-5-7-10(8-6-9)18-13-11-3-1-2-4-12(11)22(20,21)19-13/h1-8H,(H,18,19). The number of halogens is 3. The number of hydrogen-bond donors (Lipinski definition) is 1. The fraction of sp³-hybridized carbons (Fsp3) is 0.0714. The van der Waals surface area contributed by atoms with E-state index in [4.69, 9.17) is 0 Å². The first-order valence-electron chi connectivity index (χ1n) is 6.16. The van der Waals surface area contributed by atoms with Crippen LogP contribution < -0.4 is 5.32 Å². The number of nitrogens with zero attached hydrogens (tertiary/aromatic N) is 1. The maximum Gasteiger partial charge on any atom is 0.416 e. The number of fused-ring (bicyclic) bond motifs is 1. The SMILES string of the molecule is O=S1(=O)N=C(Nc2ccc(C(F)(F)F)cc2)c2ccccc21. The first kappa shape index (κ1) is 14.6. The lowest BCUT2D eigenvalue weighted by molar-refractivity contribution is -0.137. The minimum atomic E-state index is -4.42. The van der Waals surface area contributed by atoms with Crippen molar-refractivity contribution in [2.75, 3.05) is 5.32 Å². The van der Waals surface area contributed by atoms with Crippen LogP contribution in [0.4, 0.5) is 18.9 Å². The van der Waals surface area contributed by atoms with Crippen molar-refractivity contribution >= 4 is 21.5 Å². The van der Waals surface area contributed by atoms with Crippen molar-refractivity contribution in [3.63, 3.8) is 0 Å². The van der Waals surface area contributed by atoms with Crippen LogP contribution in [0.25, 0.3) is 0 Å². The molecule has 4 nitrogen and oxygen atoms in total. The van der Waals surface area contributed by atoms with Crippen LogP contribution in [0.15, 0.2) is 57.8 Å². The second-order valence-corrected chi connectivity index (χ2v) is 6.18. The molecule has 8 heteroatoms. The summed E-state index contributed by atoms with van der Waals surface area (Å²) < 4.78 is 64.8. The largest absolute Gasteiger partial charge is 0.416 e. The van der Waals surface area contributed by atoms with E-state index in [-0.39, 0.29) is 10.7 Å². The van der Waals surface area contributed by atoms with Gasteiger partial charge < -0.3 is 5.32 Å². The molecule has 0 saturated heterocycles. The van der Waals surface area contributed by atoms with Gasteiger partial charge in [0, 0.05) is 11.3 Å². The number of amidine groups is 1. The van der Waals surface area contributed by atoms with Crippen LogP contribution in [0.1, 0.15) is 11.1 Å². The predicted molar refractivity (Wildman–Crippen MR) is 75.2 cm³/mol. The molecule has 114 valence electrons. The lowest BCUT2D eigenvalue weighted by Gasteiger charge is -2.09. The third-order valence-corrected chi connectivity index (χ3v) is 4.44. The molecule has 0 aromatic heterocycles. The normalized spacial score (nSPS) is 16.0. The van der Waals surface area contributed by atoms with E-state index in [0.717, 1.165) is 12.1 Å². The smallest absolute Gasteiger partial charge is 0.339 e. The van der Waals surface area contributed by atoms with Crippen LogP contribution >= 0.6 is 0 Å². The molecule has 1 aliphatic heterocycles. The summed E-state index contributed by atoms with van der Waals surface area (Å²) in [6.07, 6.45) is -4.42. The molecule has 1 N–H and O–H groups in total. The average Bonchev–Trinajstić information content (AvgIpc) is 2.70. The zero-order valence-corrected chi connectivity index (χ0v) is 11.7. The van der Waals surface area contributed by atoms with Gasteiger partial charge in [0.2, 0.25) is 0 Å². The molecule has 0 bridgehead atoms. The van der Waals surface area contributed by atoms with E-state index < -0.39 is 21.8 Å². The molecule has 2 aromatic rings. The summed E-state index contributed by atoms with van der Waals surface area (Å²) in [4.78, 5) is 0.0735. The van der Waals surface area contributed by atoms with Gasteiger partial charge in [-0.25, -0.2) is 0 Å². The Morgan fingerprint density at radius 2 is 1.59 bits per heavy atom. The molecule has 1 heterocycles. The highest BCUT2D eigenvalue weighted by atomic mass is 32.2. The monoisotopic (exact) mass is 326 g/mol. The Hall–Kier alpha value is -2.35. The van der Waals surface area contributed by atoms with Gasteiger partial charge in [-0.1, -0.05) is 12.1 Å². The molecule has 22 heavy (non-hydrogen) atoms. The predicted octanol–water partition coefficient (Wildman–Crippen LogP) is 3.27. The summed E-state index contributed by atoms with van der Waals surface area (Å²) in [6, 6.07) is 10.5. The van der Waals surface area contributed by atoms with E-state index >= 15 is 0 Å². The highest BCUT2D eigenvalue weighted by Gasteiger charge is 2.31. The highest BCUT2D eigenvalue weighted by molar-refractivity contribution is 7.90. The Morgan fingerprint density at radius 3 is 2.23 bits per heavy atom. The summed E-state index contributed by atoms with van der Waals surface area (Å²) in [5.41, 5.74) is -0.0690. The maximum atomic E-state index is 12.5. The van der Waals surface area contributed by atoms with Gasteiger partial charge in [0.25, 0.3) is 10.0 Å². The number of hydrogen-bond acceptors (Lipinski definition) is 3. The Balaban J connectivity index is 1.92. The number of nitrogens with one attached hydrogen (secondary N) is 1. The number of rotatable bonds is 1. The zero-order chi connectivity index (χ0) is 16.0. The fourth-order valence-corrected chi connectivity index (χ4v) is 3.25. The van der Waals surface area contributed by atoms with Crippen LogP contribution in [-0.2, 0) is 16.2 Å². The minimum Gasteiger partial charge on any atom is -0.339 e. The van der Waals surface area contributed by atoms with Crippen molar-refractivity contribution in [2.45, 2.75) is 11.1 Å². The topological polar surface area (TPSA) is 58.5 Å². The maximum absolute atomic E-state index is 12.5. The molecule has 0 fully saturated rings. The van der Waals surface area contributed by atoms with Gasteiger partial charge >= 0.3 is 6.18 Å². The lowest BCUT2D eigenvalue weighted by atomic mass is 10.1. The Bertz CT molecular complexity index is 856. The summed E-state index contributed by atoms with van der Waals surface area (Å²) in [6.45, 7) is 0. The summed E-state index contributed by atoms with van der Waals surface area (Å²) >= 11 is 0. The van der Waals surface area contributed by atoms with Gasteiger partial charge in [-0.2, -0.15) is 21.6 Å². The lowest BCUT2D eigenvalue weighted by Crippen LogP contribution is -2.12. The third kappa shape index (κ3) is 2.57. The minimum absolute atomic E-state index is 0.0735. The van der Waals surface area contributed by atoms with Crippen molar-refractivity contribution in [3.8, 4) is 0 Å². The zero-order valence-electron chi connectivity index (χ0n) is 10.9. The first-order chi connectivity index (χ1) is 10.3. The third-order valence-electron chi connectivity index (χ3n) is 3.11. The van der Waals surface area contributed by atoms with Gasteiger partial charge in [-0.05, 0) is 36.4 Å². The summed E-state index contributed by atoms with van der Waals surface area (Å²) in [7, 11) is -3.76. The van der Waals surface area contributed by atoms with E-state index in [9.17, 15) is 21.6 Å². The fourth-order valence-electron chi connectivity index (χ4n) is 2.08. The summed E-state index contributed by atoms with van der Waals surface area (Å²) in [5, 5.41) is 2.73. The molecular formula is C14H9F3N2O2S. The van der Waals surface area contributed by atoms with Crippen LogP contribution in [-0.4, -0.2) is 14.3 Å².